The standard InChI is InChI=1S/C13H19ClN2O2/c1-4-5-15-13(17)16-8-10-7-11(14)9(2)6-12(10)18-3/h6-7H,4-5,8H2,1-3H3,(H2,15,16,17). The van der Waals surface area contributed by atoms with Gasteiger partial charge in [0.25, 0.3) is 0 Å². The third-order valence-corrected chi connectivity index (χ3v) is 2.94. The molecule has 0 radical (unpaired) electrons. The lowest BCUT2D eigenvalue weighted by Crippen LogP contribution is -2.35. The molecule has 100 valence electrons. The molecule has 4 nitrogen and oxygen atoms in total. The summed E-state index contributed by atoms with van der Waals surface area (Å²) < 4.78 is 5.26. The molecule has 0 atom stereocenters. The molecule has 0 saturated carbocycles. The Hall–Kier alpha value is -1.42. The van der Waals surface area contributed by atoms with Crippen LogP contribution in [-0.2, 0) is 6.54 Å². The lowest BCUT2D eigenvalue weighted by Gasteiger charge is -2.12. The van der Waals surface area contributed by atoms with Crippen LogP contribution in [0.15, 0.2) is 12.1 Å². The zero-order chi connectivity index (χ0) is 13.5. The van der Waals surface area contributed by atoms with Crippen LogP contribution in [0.25, 0.3) is 0 Å². The molecule has 18 heavy (non-hydrogen) atoms. The number of nitrogens with one attached hydrogen (secondary N) is 2. The van der Waals surface area contributed by atoms with E-state index in [1.54, 1.807) is 7.11 Å². The molecule has 0 fully saturated rings. The first-order valence-electron chi connectivity index (χ1n) is 5.93. The van der Waals surface area contributed by atoms with Crippen LogP contribution in [0.1, 0.15) is 24.5 Å². The summed E-state index contributed by atoms with van der Waals surface area (Å²) in [7, 11) is 1.60. The summed E-state index contributed by atoms with van der Waals surface area (Å²) in [5, 5.41) is 6.18. The predicted molar refractivity (Wildman–Crippen MR) is 73.3 cm³/mol. The van der Waals surface area contributed by atoms with Gasteiger partial charge >= 0.3 is 6.03 Å². The van der Waals surface area contributed by atoms with Crippen LogP contribution < -0.4 is 15.4 Å². The van der Waals surface area contributed by atoms with Gasteiger partial charge in [0.2, 0.25) is 0 Å². The number of hydrogen-bond acceptors (Lipinski definition) is 2. The normalized spacial score (nSPS) is 10.0. The van der Waals surface area contributed by atoms with E-state index < -0.39 is 0 Å². The number of aryl methyl sites for hydroxylation is 1. The quantitative estimate of drug-likeness (QED) is 0.864. The molecule has 0 unspecified atom stereocenters. The highest BCUT2D eigenvalue weighted by atomic mass is 35.5. The molecular weight excluding hydrogens is 252 g/mol. The summed E-state index contributed by atoms with van der Waals surface area (Å²) in [4.78, 5) is 11.4. The van der Waals surface area contributed by atoms with Gasteiger partial charge in [-0.1, -0.05) is 18.5 Å². The zero-order valence-electron chi connectivity index (χ0n) is 11.0. The lowest BCUT2D eigenvalue weighted by atomic mass is 10.1. The van der Waals surface area contributed by atoms with E-state index in [0.29, 0.717) is 18.1 Å². The van der Waals surface area contributed by atoms with Gasteiger partial charge in [0.15, 0.2) is 0 Å². The summed E-state index contributed by atoms with van der Waals surface area (Å²) >= 11 is 6.06. The van der Waals surface area contributed by atoms with Crippen molar-refractivity contribution in [1.29, 1.82) is 0 Å². The van der Waals surface area contributed by atoms with Crippen LogP contribution in [0.3, 0.4) is 0 Å². The first-order chi connectivity index (χ1) is 8.58. The zero-order valence-corrected chi connectivity index (χ0v) is 11.7. The topological polar surface area (TPSA) is 50.4 Å². The van der Waals surface area contributed by atoms with Gasteiger partial charge in [-0.3, -0.25) is 0 Å². The predicted octanol–water partition coefficient (Wildman–Crippen LogP) is 2.87. The van der Waals surface area contributed by atoms with Crippen molar-refractivity contribution in [3.05, 3.63) is 28.3 Å². The smallest absolute Gasteiger partial charge is 0.315 e. The van der Waals surface area contributed by atoms with Gasteiger partial charge < -0.3 is 15.4 Å². The van der Waals surface area contributed by atoms with Crippen LogP contribution in [0.5, 0.6) is 5.75 Å². The van der Waals surface area contributed by atoms with Gasteiger partial charge in [0, 0.05) is 23.7 Å². The van der Waals surface area contributed by atoms with Crippen LogP contribution >= 0.6 is 11.6 Å². The number of halogens is 1. The van der Waals surface area contributed by atoms with E-state index in [1.807, 2.05) is 26.0 Å². The minimum Gasteiger partial charge on any atom is -0.496 e. The summed E-state index contributed by atoms with van der Waals surface area (Å²) in [6.45, 7) is 4.97. The van der Waals surface area contributed by atoms with E-state index in [2.05, 4.69) is 10.6 Å². The van der Waals surface area contributed by atoms with Crippen LogP contribution in [0.4, 0.5) is 4.79 Å². The highest BCUT2D eigenvalue weighted by Crippen LogP contribution is 2.26. The maximum atomic E-state index is 11.4. The summed E-state index contributed by atoms with van der Waals surface area (Å²) in [5.74, 6) is 0.729. The Balaban J connectivity index is 2.66. The Morgan fingerprint density at radius 1 is 1.39 bits per heavy atom. The number of hydrogen-bond donors (Lipinski definition) is 2. The van der Waals surface area contributed by atoms with Crippen LogP contribution in [0, 0.1) is 6.92 Å². The lowest BCUT2D eigenvalue weighted by molar-refractivity contribution is 0.240. The van der Waals surface area contributed by atoms with E-state index in [1.165, 1.54) is 0 Å². The first-order valence-corrected chi connectivity index (χ1v) is 6.31. The maximum absolute atomic E-state index is 11.4. The van der Waals surface area contributed by atoms with Crippen molar-refractivity contribution in [3.8, 4) is 5.75 Å². The second-order valence-electron chi connectivity index (χ2n) is 4.02. The molecule has 5 heteroatoms. The molecule has 0 spiro atoms. The van der Waals surface area contributed by atoms with E-state index in [0.717, 1.165) is 23.3 Å². The molecule has 2 N–H and O–H groups in total. The maximum Gasteiger partial charge on any atom is 0.315 e. The number of rotatable bonds is 5. The van der Waals surface area contributed by atoms with Crippen molar-refractivity contribution >= 4 is 17.6 Å². The highest BCUT2D eigenvalue weighted by molar-refractivity contribution is 6.31. The monoisotopic (exact) mass is 270 g/mol. The Morgan fingerprint density at radius 3 is 2.72 bits per heavy atom. The fourth-order valence-corrected chi connectivity index (χ4v) is 1.69. The summed E-state index contributed by atoms with van der Waals surface area (Å²) in [6.07, 6.45) is 0.910. The summed E-state index contributed by atoms with van der Waals surface area (Å²) in [5.41, 5.74) is 1.81. The molecular formula is C13H19ClN2O2. The first kappa shape index (κ1) is 14.6. The molecule has 1 aromatic rings. The second kappa shape index (κ2) is 7.11. The minimum absolute atomic E-state index is 0.185. The molecule has 0 saturated heterocycles. The van der Waals surface area contributed by atoms with E-state index in [-0.39, 0.29) is 6.03 Å². The third kappa shape index (κ3) is 4.11. The van der Waals surface area contributed by atoms with Crippen molar-refractivity contribution < 1.29 is 9.53 Å². The molecule has 0 bridgehead atoms. The van der Waals surface area contributed by atoms with Crippen molar-refractivity contribution in [2.45, 2.75) is 26.8 Å². The van der Waals surface area contributed by atoms with Crippen molar-refractivity contribution in [2.75, 3.05) is 13.7 Å². The van der Waals surface area contributed by atoms with Crippen molar-refractivity contribution in [1.82, 2.24) is 10.6 Å². The largest absolute Gasteiger partial charge is 0.496 e. The van der Waals surface area contributed by atoms with E-state index in [4.69, 9.17) is 16.3 Å². The fourth-order valence-electron chi connectivity index (χ4n) is 1.50. The van der Waals surface area contributed by atoms with E-state index >= 15 is 0 Å². The van der Waals surface area contributed by atoms with Gasteiger partial charge in [-0.05, 0) is 31.0 Å². The Morgan fingerprint density at radius 2 is 2.11 bits per heavy atom. The highest BCUT2D eigenvalue weighted by Gasteiger charge is 2.08. The Labute approximate surface area is 113 Å². The molecule has 0 aliphatic carbocycles. The van der Waals surface area contributed by atoms with Gasteiger partial charge in [-0.15, -0.1) is 0 Å². The van der Waals surface area contributed by atoms with Crippen molar-refractivity contribution in [3.63, 3.8) is 0 Å². The molecule has 0 aliphatic rings. The molecule has 0 heterocycles. The molecule has 2 amide bonds. The summed E-state index contributed by atoms with van der Waals surface area (Å²) in [6, 6.07) is 3.50. The van der Waals surface area contributed by atoms with E-state index in [9.17, 15) is 4.79 Å². The molecule has 0 aromatic heterocycles. The van der Waals surface area contributed by atoms with Gasteiger partial charge in [0.1, 0.15) is 5.75 Å². The van der Waals surface area contributed by atoms with Gasteiger partial charge in [0.05, 0.1) is 7.11 Å². The Kier molecular flexibility index (Phi) is 5.78. The Bertz CT molecular complexity index is 422. The third-order valence-electron chi connectivity index (χ3n) is 2.54. The number of amides is 2. The average Bonchev–Trinajstić information content (AvgIpc) is 2.37. The number of carbonyl (C=O) groups excluding carboxylic acids is 1. The van der Waals surface area contributed by atoms with Crippen LogP contribution in [0.2, 0.25) is 5.02 Å². The SMILES string of the molecule is CCCNC(=O)NCc1cc(Cl)c(C)cc1OC. The second-order valence-corrected chi connectivity index (χ2v) is 4.43. The van der Waals surface area contributed by atoms with Gasteiger partial charge in [-0.2, -0.15) is 0 Å². The number of carbonyl (C=O) groups is 1. The minimum atomic E-state index is -0.185. The number of ether oxygens (including phenoxy) is 1. The van der Waals surface area contributed by atoms with Crippen molar-refractivity contribution in [2.24, 2.45) is 0 Å². The fraction of sp³-hybridized carbons (Fsp3) is 0.462. The molecule has 0 aliphatic heterocycles. The number of benzene rings is 1. The van der Waals surface area contributed by atoms with Crippen LogP contribution in [-0.4, -0.2) is 19.7 Å². The van der Waals surface area contributed by atoms with Gasteiger partial charge in [-0.25, -0.2) is 4.79 Å². The number of methoxy groups -OCH3 is 1. The molecule has 1 rings (SSSR count). The average molecular weight is 271 g/mol. The number of urea groups is 1. The molecule has 1 aromatic carbocycles.